The molecule has 0 saturated heterocycles. The van der Waals surface area contributed by atoms with E-state index in [9.17, 15) is 4.79 Å². The average Bonchev–Trinajstić information content (AvgIpc) is 2.29. The van der Waals surface area contributed by atoms with E-state index in [2.05, 4.69) is 4.74 Å². The van der Waals surface area contributed by atoms with Crippen LogP contribution in [-0.4, -0.2) is 24.8 Å². The Kier molecular flexibility index (Phi) is 4.95. The van der Waals surface area contributed by atoms with Gasteiger partial charge >= 0.3 is 5.97 Å². The highest BCUT2D eigenvalue weighted by Gasteiger charge is 2.08. The molecule has 4 nitrogen and oxygen atoms in total. The summed E-state index contributed by atoms with van der Waals surface area (Å²) in [6.07, 6.45) is 0.762. The van der Waals surface area contributed by atoms with Crippen LogP contribution in [0.2, 0.25) is 0 Å². The first kappa shape index (κ1) is 12.7. The number of esters is 1. The van der Waals surface area contributed by atoms with Crippen LogP contribution in [0.5, 0.6) is 0 Å². The molecule has 16 heavy (non-hydrogen) atoms. The largest absolute Gasteiger partial charge is 0.469 e. The molecular formula is C12H17NO3. The number of aliphatic hydroxyl groups is 1. The van der Waals surface area contributed by atoms with Crippen LogP contribution in [0.4, 0.5) is 0 Å². The van der Waals surface area contributed by atoms with Crippen molar-refractivity contribution in [3.63, 3.8) is 0 Å². The maximum Gasteiger partial charge on any atom is 0.309 e. The minimum Gasteiger partial charge on any atom is -0.469 e. The third-order valence-electron chi connectivity index (χ3n) is 2.40. The highest BCUT2D eigenvalue weighted by molar-refractivity contribution is 5.72. The van der Waals surface area contributed by atoms with Crippen molar-refractivity contribution in [2.45, 2.75) is 18.9 Å². The summed E-state index contributed by atoms with van der Waals surface area (Å²) in [7, 11) is 1.36. The summed E-state index contributed by atoms with van der Waals surface area (Å²) in [5, 5.41) is 8.80. The SMILES string of the molecule is COC(=O)Cc1cccc(C(N)CCO)c1. The Hall–Kier alpha value is -1.39. The molecule has 0 aliphatic rings. The number of rotatable bonds is 5. The van der Waals surface area contributed by atoms with Crippen molar-refractivity contribution in [1.82, 2.24) is 0 Å². The number of methoxy groups -OCH3 is 1. The molecule has 0 amide bonds. The van der Waals surface area contributed by atoms with E-state index in [0.29, 0.717) is 6.42 Å². The van der Waals surface area contributed by atoms with Crippen LogP contribution >= 0.6 is 0 Å². The first-order valence-electron chi connectivity index (χ1n) is 5.19. The van der Waals surface area contributed by atoms with Crippen LogP contribution < -0.4 is 5.73 Å². The van der Waals surface area contributed by atoms with E-state index < -0.39 is 0 Å². The summed E-state index contributed by atoms with van der Waals surface area (Å²) in [5.74, 6) is -0.270. The van der Waals surface area contributed by atoms with E-state index in [1.807, 2.05) is 24.3 Å². The van der Waals surface area contributed by atoms with Gasteiger partial charge in [0.05, 0.1) is 13.5 Å². The van der Waals surface area contributed by atoms with E-state index in [1.54, 1.807) is 0 Å². The van der Waals surface area contributed by atoms with Crippen molar-refractivity contribution >= 4 is 5.97 Å². The number of ether oxygens (including phenoxy) is 1. The van der Waals surface area contributed by atoms with Gasteiger partial charge in [0.15, 0.2) is 0 Å². The molecule has 0 aliphatic heterocycles. The lowest BCUT2D eigenvalue weighted by Crippen LogP contribution is -2.12. The normalized spacial score (nSPS) is 12.2. The maximum atomic E-state index is 11.1. The highest BCUT2D eigenvalue weighted by Crippen LogP contribution is 2.15. The van der Waals surface area contributed by atoms with Crippen LogP contribution in [0.25, 0.3) is 0 Å². The van der Waals surface area contributed by atoms with Gasteiger partial charge in [0, 0.05) is 12.6 Å². The predicted octanol–water partition coefficient (Wildman–Crippen LogP) is 0.784. The summed E-state index contributed by atoms with van der Waals surface area (Å²) in [6, 6.07) is 7.28. The first-order valence-corrected chi connectivity index (χ1v) is 5.19. The molecular weight excluding hydrogens is 206 g/mol. The van der Waals surface area contributed by atoms with Gasteiger partial charge in [-0.3, -0.25) is 4.79 Å². The number of hydrogen-bond donors (Lipinski definition) is 2. The second-order valence-corrected chi connectivity index (χ2v) is 3.62. The van der Waals surface area contributed by atoms with Gasteiger partial charge in [0.2, 0.25) is 0 Å². The fourth-order valence-corrected chi connectivity index (χ4v) is 1.48. The van der Waals surface area contributed by atoms with Crippen molar-refractivity contribution < 1.29 is 14.6 Å². The van der Waals surface area contributed by atoms with Crippen molar-refractivity contribution in [1.29, 1.82) is 0 Å². The predicted molar refractivity (Wildman–Crippen MR) is 60.8 cm³/mol. The van der Waals surface area contributed by atoms with Gasteiger partial charge in [-0.2, -0.15) is 0 Å². The Labute approximate surface area is 95.0 Å². The van der Waals surface area contributed by atoms with Gasteiger partial charge in [0.1, 0.15) is 0 Å². The Morgan fingerprint density at radius 3 is 2.94 bits per heavy atom. The smallest absolute Gasteiger partial charge is 0.309 e. The zero-order chi connectivity index (χ0) is 12.0. The molecule has 1 aromatic rings. The Balaban J connectivity index is 2.74. The number of carbonyl (C=O) groups excluding carboxylic acids is 1. The third kappa shape index (κ3) is 3.64. The molecule has 0 saturated carbocycles. The molecule has 1 atom stereocenters. The van der Waals surface area contributed by atoms with E-state index in [4.69, 9.17) is 10.8 Å². The fraction of sp³-hybridized carbons (Fsp3) is 0.417. The Morgan fingerprint density at radius 1 is 1.56 bits per heavy atom. The number of nitrogens with two attached hydrogens (primary N) is 1. The van der Waals surface area contributed by atoms with E-state index in [0.717, 1.165) is 11.1 Å². The lowest BCUT2D eigenvalue weighted by Gasteiger charge is -2.11. The molecule has 0 aromatic heterocycles. The van der Waals surface area contributed by atoms with Gasteiger partial charge in [-0.05, 0) is 17.5 Å². The van der Waals surface area contributed by atoms with Crippen molar-refractivity contribution in [2.24, 2.45) is 5.73 Å². The minimum absolute atomic E-state index is 0.0579. The molecule has 1 aromatic carbocycles. The van der Waals surface area contributed by atoms with Crippen LogP contribution in [-0.2, 0) is 16.0 Å². The number of hydrogen-bond acceptors (Lipinski definition) is 4. The Bertz CT molecular complexity index is 352. The summed E-state index contributed by atoms with van der Waals surface area (Å²) in [5.41, 5.74) is 7.66. The van der Waals surface area contributed by atoms with E-state index in [1.165, 1.54) is 7.11 Å². The number of aliphatic hydroxyl groups excluding tert-OH is 1. The summed E-state index contributed by atoms with van der Waals surface area (Å²) in [4.78, 5) is 11.1. The van der Waals surface area contributed by atoms with Crippen molar-refractivity contribution in [3.05, 3.63) is 35.4 Å². The molecule has 0 bridgehead atoms. The molecule has 3 N–H and O–H groups in total. The van der Waals surface area contributed by atoms with Crippen molar-refractivity contribution in [3.8, 4) is 0 Å². The fourth-order valence-electron chi connectivity index (χ4n) is 1.48. The molecule has 0 heterocycles. The average molecular weight is 223 g/mol. The lowest BCUT2D eigenvalue weighted by atomic mass is 10.0. The standard InChI is InChI=1S/C12H17NO3/c1-16-12(15)8-9-3-2-4-10(7-9)11(13)5-6-14/h2-4,7,11,14H,5-6,8,13H2,1H3. The molecule has 0 aliphatic carbocycles. The maximum absolute atomic E-state index is 11.1. The molecule has 4 heteroatoms. The van der Waals surface area contributed by atoms with Crippen LogP contribution in [0.15, 0.2) is 24.3 Å². The molecule has 1 unspecified atom stereocenters. The van der Waals surface area contributed by atoms with Crippen molar-refractivity contribution in [2.75, 3.05) is 13.7 Å². The minimum atomic E-state index is -0.270. The molecule has 0 spiro atoms. The summed E-state index contributed by atoms with van der Waals surface area (Å²) < 4.78 is 4.59. The third-order valence-corrected chi connectivity index (χ3v) is 2.40. The Morgan fingerprint density at radius 2 is 2.31 bits per heavy atom. The van der Waals surface area contributed by atoms with E-state index >= 15 is 0 Å². The van der Waals surface area contributed by atoms with Gasteiger partial charge in [-0.25, -0.2) is 0 Å². The topological polar surface area (TPSA) is 72.5 Å². The zero-order valence-corrected chi connectivity index (χ0v) is 9.35. The van der Waals surface area contributed by atoms with Gasteiger partial charge in [0.25, 0.3) is 0 Å². The molecule has 0 fully saturated rings. The quantitative estimate of drug-likeness (QED) is 0.724. The molecule has 0 radical (unpaired) electrons. The lowest BCUT2D eigenvalue weighted by molar-refractivity contribution is -0.139. The molecule has 1 rings (SSSR count). The second kappa shape index (κ2) is 6.25. The number of carbonyl (C=O) groups is 1. The van der Waals surface area contributed by atoms with E-state index in [-0.39, 0.29) is 25.0 Å². The summed E-state index contributed by atoms with van der Waals surface area (Å²) >= 11 is 0. The van der Waals surface area contributed by atoms with Gasteiger partial charge in [-0.1, -0.05) is 24.3 Å². The second-order valence-electron chi connectivity index (χ2n) is 3.62. The first-order chi connectivity index (χ1) is 7.67. The van der Waals surface area contributed by atoms with Crippen LogP contribution in [0.1, 0.15) is 23.6 Å². The zero-order valence-electron chi connectivity index (χ0n) is 9.35. The monoisotopic (exact) mass is 223 g/mol. The van der Waals surface area contributed by atoms with Crippen LogP contribution in [0, 0.1) is 0 Å². The van der Waals surface area contributed by atoms with Gasteiger partial charge in [-0.15, -0.1) is 0 Å². The molecule has 88 valence electrons. The van der Waals surface area contributed by atoms with Gasteiger partial charge < -0.3 is 15.6 Å². The number of benzene rings is 1. The summed E-state index contributed by atoms with van der Waals surface area (Å²) in [6.45, 7) is 0.0579. The highest BCUT2D eigenvalue weighted by atomic mass is 16.5. The van der Waals surface area contributed by atoms with Crippen LogP contribution in [0.3, 0.4) is 0 Å².